The molecule has 5 nitrogen and oxygen atoms in total. The summed E-state index contributed by atoms with van der Waals surface area (Å²) in [5, 5.41) is 0. The van der Waals surface area contributed by atoms with Crippen molar-refractivity contribution < 1.29 is 18.7 Å². The second-order valence-electron chi connectivity index (χ2n) is 3.75. The molecule has 0 radical (unpaired) electrons. The number of hydrogen-bond donors (Lipinski definition) is 0. The minimum absolute atomic E-state index is 0.0515. The number of rotatable bonds is 5. The Labute approximate surface area is 105 Å². The number of aromatic nitrogens is 1. The van der Waals surface area contributed by atoms with Crippen LogP contribution in [0.3, 0.4) is 0 Å². The Hall–Kier alpha value is -1.98. The van der Waals surface area contributed by atoms with Gasteiger partial charge in [0, 0.05) is 20.0 Å². The zero-order valence-corrected chi connectivity index (χ0v) is 10.4. The Morgan fingerprint density at radius 1 is 1.44 bits per heavy atom. The highest BCUT2D eigenvalue weighted by atomic mass is 19.1. The van der Waals surface area contributed by atoms with Crippen LogP contribution in [0.2, 0.25) is 0 Å². The normalized spacial score (nSPS) is 9.94. The Kier molecular flexibility index (Phi) is 5.23. The number of carbonyl (C=O) groups is 2. The van der Waals surface area contributed by atoms with E-state index >= 15 is 0 Å². The van der Waals surface area contributed by atoms with Crippen LogP contribution in [0.1, 0.15) is 23.3 Å². The van der Waals surface area contributed by atoms with Crippen molar-refractivity contribution in [1.82, 2.24) is 9.88 Å². The van der Waals surface area contributed by atoms with Crippen molar-refractivity contribution in [1.29, 1.82) is 0 Å². The molecule has 0 unspecified atom stereocenters. The van der Waals surface area contributed by atoms with Gasteiger partial charge in [-0.1, -0.05) is 6.07 Å². The van der Waals surface area contributed by atoms with Gasteiger partial charge in [0.15, 0.2) is 0 Å². The van der Waals surface area contributed by atoms with Crippen LogP contribution in [0.4, 0.5) is 4.39 Å². The molecule has 0 bridgehead atoms. The van der Waals surface area contributed by atoms with Crippen molar-refractivity contribution in [2.24, 2.45) is 0 Å². The maximum Gasteiger partial charge on any atom is 0.305 e. The van der Waals surface area contributed by atoms with E-state index in [-0.39, 0.29) is 24.0 Å². The van der Waals surface area contributed by atoms with Crippen LogP contribution in [-0.4, -0.2) is 42.5 Å². The minimum Gasteiger partial charge on any atom is -0.469 e. The molecular formula is C12H15FN2O3. The molecule has 0 aromatic carbocycles. The molecule has 0 aliphatic carbocycles. The van der Waals surface area contributed by atoms with E-state index in [1.165, 1.54) is 30.2 Å². The predicted octanol–water partition coefficient (Wildman–Crippen LogP) is 1.25. The Bertz CT molecular complexity index is 437. The monoisotopic (exact) mass is 254 g/mol. The summed E-state index contributed by atoms with van der Waals surface area (Å²) in [7, 11) is 2.89. The molecule has 1 heterocycles. The van der Waals surface area contributed by atoms with Gasteiger partial charge >= 0.3 is 5.97 Å². The second-order valence-corrected chi connectivity index (χ2v) is 3.75. The average molecular weight is 254 g/mol. The van der Waals surface area contributed by atoms with E-state index in [2.05, 4.69) is 9.72 Å². The zero-order chi connectivity index (χ0) is 13.5. The topological polar surface area (TPSA) is 59.5 Å². The minimum atomic E-state index is -0.691. The number of nitrogens with zero attached hydrogens (tertiary/aromatic N) is 2. The van der Waals surface area contributed by atoms with Gasteiger partial charge in [-0.3, -0.25) is 9.59 Å². The first-order chi connectivity index (χ1) is 8.54. The van der Waals surface area contributed by atoms with Gasteiger partial charge in [-0.25, -0.2) is 4.98 Å². The molecule has 18 heavy (non-hydrogen) atoms. The van der Waals surface area contributed by atoms with Crippen molar-refractivity contribution in [2.45, 2.75) is 12.8 Å². The molecule has 0 spiro atoms. The molecular weight excluding hydrogens is 239 g/mol. The number of hydrogen-bond acceptors (Lipinski definition) is 4. The quantitative estimate of drug-likeness (QED) is 0.586. The lowest BCUT2D eigenvalue weighted by Crippen LogP contribution is -2.29. The highest BCUT2D eigenvalue weighted by molar-refractivity contribution is 5.92. The molecule has 6 heteroatoms. The van der Waals surface area contributed by atoms with E-state index in [9.17, 15) is 14.0 Å². The molecule has 1 aromatic heterocycles. The summed E-state index contributed by atoms with van der Waals surface area (Å²) in [6.07, 6.45) is 0.731. The fourth-order valence-electron chi connectivity index (χ4n) is 1.39. The predicted molar refractivity (Wildman–Crippen MR) is 62.4 cm³/mol. The van der Waals surface area contributed by atoms with Crippen LogP contribution in [-0.2, 0) is 9.53 Å². The fraction of sp³-hybridized carbons (Fsp3) is 0.417. The lowest BCUT2D eigenvalue weighted by Gasteiger charge is -2.16. The first kappa shape index (κ1) is 14.1. The lowest BCUT2D eigenvalue weighted by molar-refractivity contribution is -0.140. The number of esters is 1. The SMILES string of the molecule is COC(=O)CCCN(C)C(=O)c1cccc(F)n1. The van der Waals surface area contributed by atoms with E-state index in [0.717, 1.165) is 0 Å². The molecule has 1 aromatic rings. The Morgan fingerprint density at radius 2 is 2.17 bits per heavy atom. The van der Waals surface area contributed by atoms with Crippen LogP contribution >= 0.6 is 0 Å². The molecule has 0 N–H and O–H groups in total. The largest absolute Gasteiger partial charge is 0.469 e. The number of methoxy groups -OCH3 is 1. The van der Waals surface area contributed by atoms with Gasteiger partial charge < -0.3 is 9.64 Å². The van der Waals surface area contributed by atoms with E-state index in [1.54, 1.807) is 7.05 Å². The van der Waals surface area contributed by atoms with Crippen LogP contribution in [0.25, 0.3) is 0 Å². The summed E-state index contributed by atoms with van der Waals surface area (Å²) >= 11 is 0. The second kappa shape index (κ2) is 6.68. The number of pyridine rings is 1. The highest BCUT2D eigenvalue weighted by Crippen LogP contribution is 2.03. The molecule has 1 rings (SSSR count). The van der Waals surface area contributed by atoms with Crippen molar-refractivity contribution >= 4 is 11.9 Å². The number of carbonyl (C=O) groups excluding carboxylic acids is 2. The third-order valence-corrected chi connectivity index (χ3v) is 2.38. The molecule has 0 atom stereocenters. The lowest BCUT2D eigenvalue weighted by atomic mass is 10.2. The smallest absolute Gasteiger partial charge is 0.305 e. The van der Waals surface area contributed by atoms with Gasteiger partial charge in [-0.05, 0) is 18.6 Å². The summed E-state index contributed by atoms with van der Waals surface area (Å²) in [5.74, 6) is -1.39. The maximum absolute atomic E-state index is 12.9. The zero-order valence-electron chi connectivity index (χ0n) is 10.4. The Balaban J connectivity index is 2.49. The first-order valence-corrected chi connectivity index (χ1v) is 5.49. The van der Waals surface area contributed by atoms with Crippen molar-refractivity contribution in [3.8, 4) is 0 Å². The Morgan fingerprint density at radius 3 is 2.78 bits per heavy atom. The van der Waals surface area contributed by atoms with Crippen molar-refractivity contribution in [2.75, 3.05) is 20.7 Å². The van der Waals surface area contributed by atoms with Crippen LogP contribution < -0.4 is 0 Å². The molecule has 98 valence electrons. The molecule has 0 aliphatic rings. The van der Waals surface area contributed by atoms with Crippen molar-refractivity contribution in [3.05, 3.63) is 29.8 Å². The van der Waals surface area contributed by atoms with Gasteiger partial charge in [-0.2, -0.15) is 4.39 Å². The van der Waals surface area contributed by atoms with E-state index in [1.807, 2.05) is 0 Å². The van der Waals surface area contributed by atoms with E-state index in [0.29, 0.717) is 13.0 Å². The van der Waals surface area contributed by atoms with Crippen LogP contribution in [0, 0.1) is 5.95 Å². The molecule has 0 fully saturated rings. The van der Waals surface area contributed by atoms with Crippen LogP contribution in [0.5, 0.6) is 0 Å². The standard InChI is InChI=1S/C12H15FN2O3/c1-15(8-4-7-11(16)18-2)12(17)9-5-3-6-10(13)14-9/h3,5-6H,4,7-8H2,1-2H3. The average Bonchev–Trinajstić information content (AvgIpc) is 2.37. The summed E-state index contributed by atoms with van der Waals surface area (Å²) in [4.78, 5) is 27.6. The van der Waals surface area contributed by atoms with Gasteiger partial charge in [-0.15, -0.1) is 0 Å². The third kappa shape index (κ3) is 4.12. The van der Waals surface area contributed by atoms with Crippen molar-refractivity contribution in [3.63, 3.8) is 0 Å². The van der Waals surface area contributed by atoms with Gasteiger partial charge in [0.1, 0.15) is 5.69 Å². The summed E-state index contributed by atoms with van der Waals surface area (Å²) in [5.41, 5.74) is 0.0515. The molecule has 0 saturated heterocycles. The summed E-state index contributed by atoms with van der Waals surface area (Å²) in [6, 6.07) is 4.05. The van der Waals surface area contributed by atoms with E-state index in [4.69, 9.17) is 0 Å². The van der Waals surface area contributed by atoms with Gasteiger partial charge in [0.05, 0.1) is 7.11 Å². The fourth-order valence-corrected chi connectivity index (χ4v) is 1.39. The first-order valence-electron chi connectivity index (χ1n) is 5.49. The number of ether oxygens (including phenoxy) is 1. The van der Waals surface area contributed by atoms with Gasteiger partial charge in [0.2, 0.25) is 5.95 Å². The number of halogens is 1. The third-order valence-electron chi connectivity index (χ3n) is 2.38. The van der Waals surface area contributed by atoms with Gasteiger partial charge in [0.25, 0.3) is 5.91 Å². The molecule has 1 amide bonds. The molecule has 0 aliphatic heterocycles. The summed E-state index contributed by atoms with van der Waals surface area (Å²) < 4.78 is 17.3. The molecule has 0 saturated carbocycles. The maximum atomic E-state index is 12.9. The van der Waals surface area contributed by atoms with E-state index < -0.39 is 5.95 Å². The van der Waals surface area contributed by atoms with Crippen LogP contribution in [0.15, 0.2) is 18.2 Å². The summed E-state index contributed by atoms with van der Waals surface area (Å²) in [6.45, 7) is 0.381. The highest BCUT2D eigenvalue weighted by Gasteiger charge is 2.13. The number of amides is 1.